The van der Waals surface area contributed by atoms with Crippen LogP contribution in [0.4, 0.5) is 0 Å². The summed E-state index contributed by atoms with van der Waals surface area (Å²) in [5, 5.41) is 5.08. The van der Waals surface area contributed by atoms with Gasteiger partial charge in [-0.2, -0.15) is 0 Å². The Kier molecular flexibility index (Phi) is 2.91. The number of carbonyl (C=O) groups excluding carboxylic acids is 1. The molecule has 0 bridgehead atoms. The SMILES string of the molecule is Cc1ccsc1-c1nccn1CC1CCC(=O)N1. The maximum atomic E-state index is 11.2. The Morgan fingerprint density at radius 3 is 3.17 bits per heavy atom. The number of aromatic nitrogens is 2. The molecule has 1 atom stereocenters. The molecule has 0 aliphatic carbocycles. The second-order valence-corrected chi connectivity index (χ2v) is 5.56. The van der Waals surface area contributed by atoms with Gasteiger partial charge in [0.1, 0.15) is 5.82 Å². The Bertz CT molecular complexity index is 572. The average Bonchev–Trinajstić information content (AvgIpc) is 3.02. The zero-order chi connectivity index (χ0) is 12.5. The molecule has 1 amide bonds. The van der Waals surface area contributed by atoms with Crippen LogP contribution in [-0.2, 0) is 11.3 Å². The molecular weight excluding hydrogens is 246 g/mol. The van der Waals surface area contributed by atoms with Crippen molar-refractivity contribution in [2.24, 2.45) is 0 Å². The van der Waals surface area contributed by atoms with Crippen LogP contribution in [0.25, 0.3) is 10.7 Å². The van der Waals surface area contributed by atoms with Crippen LogP contribution < -0.4 is 5.32 Å². The number of imidazole rings is 1. The highest BCUT2D eigenvalue weighted by Crippen LogP contribution is 2.28. The zero-order valence-corrected chi connectivity index (χ0v) is 11.0. The molecule has 4 nitrogen and oxygen atoms in total. The molecule has 3 heterocycles. The number of nitrogens with one attached hydrogen (secondary N) is 1. The highest BCUT2D eigenvalue weighted by Gasteiger charge is 2.22. The summed E-state index contributed by atoms with van der Waals surface area (Å²) in [4.78, 5) is 16.9. The van der Waals surface area contributed by atoms with Gasteiger partial charge in [0.2, 0.25) is 5.91 Å². The third-order valence-electron chi connectivity index (χ3n) is 3.28. The lowest BCUT2D eigenvalue weighted by molar-refractivity contribution is -0.119. The minimum absolute atomic E-state index is 0.161. The quantitative estimate of drug-likeness (QED) is 0.920. The van der Waals surface area contributed by atoms with Gasteiger partial charge in [-0.05, 0) is 30.4 Å². The van der Waals surface area contributed by atoms with Crippen LogP contribution in [0.5, 0.6) is 0 Å². The average molecular weight is 261 g/mol. The third kappa shape index (κ3) is 2.06. The molecule has 0 radical (unpaired) electrons. The van der Waals surface area contributed by atoms with Gasteiger partial charge in [-0.15, -0.1) is 11.3 Å². The molecule has 2 aromatic rings. The molecule has 3 rings (SSSR count). The molecule has 1 saturated heterocycles. The summed E-state index contributed by atoms with van der Waals surface area (Å²) in [5.74, 6) is 1.16. The van der Waals surface area contributed by atoms with Crippen molar-refractivity contribution in [1.82, 2.24) is 14.9 Å². The molecule has 18 heavy (non-hydrogen) atoms. The van der Waals surface area contributed by atoms with Crippen molar-refractivity contribution < 1.29 is 4.79 Å². The lowest BCUT2D eigenvalue weighted by atomic mass is 10.2. The van der Waals surface area contributed by atoms with Gasteiger partial charge in [0.05, 0.1) is 4.88 Å². The topological polar surface area (TPSA) is 46.9 Å². The van der Waals surface area contributed by atoms with Gasteiger partial charge in [-0.25, -0.2) is 4.98 Å². The molecule has 1 N–H and O–H groups in total. The van der Waals surface area contributed by atoms with Crippen molar-refractivity contribution in [3.8, 4) is 10.7 Å². The van der Waals surface area contributed by atoms with Crippen molar-refractivity contribution in [3.05, 3.63) is 29.4 Å². The molecular formula is C13H15N3OS. The number of thiophene rings is 1. The Labute approximate surface area is 110 Å². The molecule has 1 unspecified atom stereocenters. The molecule has 1 fully saturated rings. The van der Waals surface area contributed by atoms with Gasteiger partial charge >= 0.3 is 0 Å². The summed E-state index contributed by atoms with van der Waals surface area (Å²) in [5.41, 5.74) is 1.25. The largest absolute Gasteiger partial charge is 0.352 e. The molecule has 1 aliphatic heterocycles. The molecule has 5 heteroatoms. The van der Waals surface area contributed by atoms with E-state index in [0.29, 0.717) is 6.42 Å². The first kappa shape index (κ1) is 11.5. The Hall–Kier alpha value is -1.62. The maximum absolute atomic E-state index is 11.2. The van der Waals surface area contributed by atoms with Gasteiger partial charge in [0, 0.05) is 31.4 Å². The number of aryl methyl sites for hydroxylation is 1. The summed E-state index contributed by atoms with van der Waals surface area (Å²) in [7, 11) is 0. The van der Waals surface area contributed by atoms with Gasteiger partial charge in [-0.1, -0.05) is 0 Å². The van der Waals surface area contributed by atoms with Crippen molar-refractivity contribution in [3.63, 3.8) is 0 Å². The Balaban J connectivity index is 1.84. The second-order valence-electron chi connectivity index (χ2n) is 4.64. The molecule has 0 saturated carbocycles. The summed E-state index contributed by atoms with van der Waals surface area (Å²) in [6.07, 6.45) is 5.37. The number of hydrogen-bond acceptors (Lipinski definition) is 3. The second kappa shape index (κ2) is 4.57. The van der Waals surface area contributed by atoms with E-state index in [4.69, 9.17) is 0 Å². The third-order valence-corrected chi connectivity index (χ3v) is 4.30. The van der Waals surface area contributed by atoms with E-state index in [1.54, 1.807) is 11.3 Å². The number of amides is 1. The van der Waals surface area contributed by atoms with Crippen molar-refractivity contribution in [2.45, 2.75) is 32.4 Å². The molecule has 2 aromatic heterocycles. The minimum Gasteiger partial charge on any atom is -0.352 e. The molecule has 0 aromatic carbocycles. The maximum Gasteiger partial charge on any atom is 0.220 e. The molecule has 0 spiro atoms. The fourth-order valence-corrected chi connectivity index (χ4v) is 3.26. The minimum atomic E-state index is 0.161. The van der Waals surface area contributed by atoms with E-state index in [1.165, 1.54) is 10.4 Å². The van der Waals surface area contributed by atoms with Gasteiger partial charge in [-0.3, -0.25) is 4.79 Å². The standard InChI is InChI=1S/C13H15N3OS/c1-9-4-7-18-12(9)13-14-5-6-16(13)8-10-2-3-11(17)15-10/h4-7,10H,2-3,8H2,1H3,(H,15,17). The van der Waals surface area contributed by atoms with Gasteiger partial charge < -0.3 is 9.88 Å². The lowest BCUT2D eigenvalue weighted by Crippen LogP contribution is -2.29. The van der Waals surface area contributed by atoms with Crippen LogP contribution in [0.1, 0.15) is 18.4 Å². The van der Waals surface area contributed by atoms with E-state index < -0.39 is 0 Å². The van der Waals surface area contributed by atoms with E-state index in [1.807, 2.05) is 12.4 Å². The Morgan fingerprint density at radius 1 is 1.61 bits per heavy atom. The first-order chi connectivity index (χ1) is 8.74. The van der Waals surface area contributed by atoms with E-state index >= 15 is 0 Å². The van der Waals surface area contributed by atoms with Crippen molar-refractivity contribution >= 4 is 17.2 Å². The first-order valence-electron chi connectivity index (χ1n) is 6.09. The number of nitrogens with zero attached hydrogens (tertiary/aromatic N) is 2. The van der Waals surface area contributed by atoms with Gasteiger partial charge in [0.25, 0.3) is 0 Å². The monoisotopic (exact) mass is 261 g/mol. The van der Waals surface area contributed by atoms with E-state index in [0.717, 1.165) is 18.8 Å². The predicted molar refractivity (Wildman–Crippen MR) is 71.4 cm³/mol. The van der Waals surface area contributed by atoms with Crippen LogP contribution in [0.2, 0.25) is 0 Å². The smallest absolute Gasteiger partial charge is 0.220 e. The van der Waals surface area contributed by atoms with E-state index in [2.05, 4.69) is 33.2 Å². The van der Waals surface area contributed by atoms with Crippen LogP contribution >= 0.6 is 11.3 Å². The number of hydrogen-bond donors (Lipinski definition) is 1. The van der Waals surface area contributed by atoms with Crippen LogP contribution in [-0.4, -0.2) is 21.5 Å². The van der Waals surface area contributed by atoms with Crippen molar-refractivity contribution in [2.75, 3.05) is 0 Å². The lowest BCUT2D eigenvalue weighted by Gasteiger charge is -2.13. The first-order valence-corrected chi connectivity index (χ1v) is 6.97. The highest BCUT2D eigenvalue weighted by atomic mass is 32.1. The predicted octanol–water partition coefficient (Wildman–Crippen LogP) is 2.20. The molecule has 94 valence electrons. The molecule has 1 aliphatic rings. The van der Waals surface area contributed by atoms with Gasteiger partial charge in [0.15, 0.2) is 0 Å². The van der Waals surface area contributed by atoms with Crippen LogP contribution in [0.15, 0.2) is 23.8 Å². The number of carbonyl (C=O) groups is 1. The summed E-state index contributed by atoms with van der Waals surface area (Å²) in [6, 6.07) is 2.35. The zero-order valence-electron chi connectivity index (χ0n) is 10.2. The fourth-order valence-electron chi connectivity index (χ4n) is 2.32. The highest BCUT2D eigenvalue weighted by molar-refractivity contribution is 7.13. The van der Waals surface area contributed by atoms with E-state index in [-0.39, 0.29) is 11.9 Å². The Morgan fingerprint density at radius 2 is 2.50 bits per heavy atom. The van der Waals surface area contributed by atoms with E-state index in [9.17, 15) is 4.79 Å². The van der Waals surface area contributed by atoms with Crippen LogP contribution in [0.3, 0.4) is 0 Å². The summed E-state index contributed by atoms with van der Waals surface area (Å²) in [6.45, 7) is 2.90. The number of rotatable bonds is 3. The summed E-state index contributed by atoms with van der Waals surface area (Å²) < 4.78 is 2.13. The summed E-state index contributed by atoms with van der Waals surface area (Å²) >= 11 is 1.71. The van der Waals surface area contributed by atoms with Crippen molar-refractivity contribution in [1.29, 1.82) is 0 Å². The normalized spacial score (nSPS) is 19.2. The van der Waals surface area contributed by atoms with Crippen LogP contribution in [0, 0.1) is 6.92 Å². The fraction of sp³-hybridized carbons (Fsp3) is 0.385.